The van der Waals surface area contributed by atoms with Crippen molar-refractivity contribution in [1.82, 2.24) is 0 Å². The minimum atomic E-state index is -1.06. The lowest BCUT2D eigenvalue weighted by Gasteiger charge is -2.28. The minimum Gasteiger partial charge on any atom is -0.493 e. The smallest absolute Gasteiger partial charge is 0.336 e. The van der Waals surface area contributed by atoms with Gasteiger partial charge in [-0.05, 0) is 48.0 Å². The van der Waals surface area contributed by atoms with Crippen LogP contribution in [0.25, 0.3) is 6.08 Å². The maximum absolute atomic E-state index is 12.6. The van der Waals surface area contributed by atoms with Crippen LogP contribution in [0.4, 0.5) is 0 Å². The van der Waals surface area contributed by atoms with Gasteiger partial charge in [-0.25, -0.2) is 4.79 Å². The van der Waals surface area contributed by atoms with Crippen LogP contribution in [0.2, 0.25) is 0 Å². The predicted molar refractivity (Wildman–Crippen MR) is 154 cm³/mol. The molecule has 0 fully saturated rings. The molecule has 0 saturated carbocycles. The van der Waals surface area contributed by atoms with Crippen LogP contribution in [0.5, 0.6) is 28.7 Å². The Labute approximate surface area is 248 Å². The van der Waals surface area contributed by atoms with Gasteiger partial charge in [0.2, 0.25) is 0 Å². The molecule has 43 heavy (non-hydrogen) atoms. The first-order valence-electron chi connectivity index (χ1n) is 13.1. The summed E-state index contributed by atoms with van der Waals surface area (Å²) in [5.74, 6) is -0.859. The van der Waals surface area contributed by atoms with Crippen LogP contribution in [0, 0.1) is 0 Å². The molecule has 226 valence electrons. The van der Waals surface area contributed by atoms with E-state index in [1.807, 2.05) is 0 Å². The molecule has 0 unspecified atom stereocenters. The lowest BCUT2D eigenvalue weighted by Crippen LogP contribution is -2.34. The molecular weight excluding hydrogens is 560 g/mol. The lowest BCUT2D eigenvalue weighted by atomic mass is 10.0. The molecular formula is C32H32O11. The van der Waals surface area contributed by atoms with Crippen molar-refractivity contribution in [3.63, 3.8) is 0 Å². The van der Waals surface area contributed by atoms with Crippen molar-refractivity contribution >= 4 is 30.0 Å². The molecule has 0 amide bonds. The van der Waals surface area contributed by atoms with Gasteiger partial charge >= 0.3 is 23.9 Å². The van der Waals surface area contributed by atoms with Gasteiger partial charge < -0.3 is 33.2 Å². The van der Waals surface area contributed by atoms with E-state index in [4.69, 9.17) is 33.2 Å². The van der Waals surface area contributed by atoms with Gasteiger partial charge in [-0.3, -0.25) is 14.4 Å². The van der Waals surface area contributed by atoms with E-state index < -0.39 is 36.1 Å². The zero-order chi connectivity index (χ0) is 31.4. The summed E-state index contributed by atoms with van der Waals surface area (Å²) in [5, 5.41) is 0. The number of rotatable bonds is 13. The highest BCUT2D eigenvalue weighted by Gasteiger charge is 2.31. The second kappa shape index (κ2) is 15.6. The van der Waals surface area contributed by atoms with Crippen molar-refractivity contribution < 1.29 is 52.3 Å². The predicted octanol–water partition coefficient (Wildman–Crippen LogP) is 4.86. The number of hydrogen-bond donors (Lipinski definition) is 0. The average Bonchev–Trinajstić information content (AvgIpc) is 2.97. The van der Waals surface area contributed by atoms with E-state index in [1.165, 1.54) is 59.3 Å². The molecule has 0 spiro atoms. The Kier molecular flexibility index (Phi) is 11.7. The van der Waals surface area contributed by atoms with Gasteiger partial charge in [0.25, 0.3) is 0 Å². The highest BCUT2D eigenvalue weighted by Crippen LogP contribution is 2.36. The van der Waals surface area contributed by atoms with E-state index in [-0.39, 0.29) is 18.1 Å². The summed E-state index contributed by atoms with van der Waals surface area (Å²) in [6.07, 6.45) is 0.714. The monoisotopic (exact) mass is 592 g/mol. The molecule has 0 aromatic heterocycles. The van der Waals surface area contributed by atoms with Crippen LogP contribution in [0.15, 0.2) is 72.8 Å². The summed E-state index contributed by atoms with van der Waals surface area (Å²) in [4.78, 5) is 47.4. The molecule has 0 aliphatic rings. The quantitative estimate of drug-likeness (QED) is 0.153. The minimum absolute atomic E-state index is 0.106. The number of para-hydroxylation sites is 2. The Balaban J connectivity index is 1.85. The van der Waals surface area contributed by atoms with Gasteiger partial charge in [0.05, 0.1) is 14.2 Å². The largest absolute Gasteiger partial charge is 0.493 e. The standard InChI is InChI=1S/C32H32O11/c1-20(33)39-19-30(42-27-9-7-6-8-26(27)37-4)32(41-22(3)35)24-13-16-28(29(18-24)38-5)43-31(36)17-12-23-10-14-25(15-11-23)40-21(2)34/h6-18,30,32H,19H2,1-5H3/b17-12+/t30-,32-/m1/s1. The zero-order valence-electron chi connectivity index (χ0n) is 24.4. The highest BCUT2D eigenvalue weighted by molar-refractivity contribution is 5.89. The zero-order valence-corrected chi connectivity index (χ0v) is 24.4. The second-order valence-electron chi connectivity index (χ2n) is 8.97. The normalized spacial score (nSPS) is 12.0. The molecule has 11 heteroatoms. The van der Waals surface area contributed by atoms with E-state index in [9.17, 15) is 19.2 Å². The van der Waals surface area contributed by atoms with Gasteiger partial charge in [-0.1, -0.05) is 30.3 Å². The molecule has 0 N–H and O–H groups in total. The molecule has 0 radical (unpaired) electrons. The number of esters is 4. The van der Waals surface area contributed by atoms with Crippen LogP contribution in [0.3, 0.4) is 0 Å². The Morgan fingerprint density at radius 3 is 2.00 bits per heavy atom. The van der Waals surface area contributed by atoms with E-state index in [0.29, 0.717) is 28.4 Å². The summed E-state index contributed by atoms with van der Waals surface area (Å²) in [6, 6.07) is 18.0. The van der Waals surface area contributed by atoms with Crippen LogP contribution < -0.4 is 23.7 Å². The number of methoxy groups -OCH3 is 2. The molecule has 3 aromatic rings. The first-order valence-corrected chi connectivity index (χ1v) is 13.1. The third kappa shape index (κ3) is 9.92. The molecule has 0 heterocycles. The van der Waals surface area contributed by atoms with Crippen LogP contribution in [0.1, 0.15) is 38.0 Å². The van der Waals surface area contributed by atoms with Gasteiger partial charge in [-0.2, -0.15) is 0 Å². The second-order valence-corrected chi connectivity index (χ2v) is 8.97. The third-order valence-corrected chi connectivity index (χ3v) is 5.71. The molecule has 0 aliphatic heterocycles. The summed E-state index contributed by atoms with van der Waals surface area (Å²) < 4.78 is 38.3. The molecule has 0 aliphatic carbocycles. The van der Waals surface area contributed by atoms with Crippen molar-refractivity contribution in [1.29, 1.82) is 0 Å². The SMILES string of the molecule is COc1cc([C@@H](OC(C)=O)[C@@H](COC(C)=O)Oc2ccccc2OC)ccc1OC(=O)/C=C/c1ccc(OC(C)=O)cc1. The maximum atomic E-state index is 12.6. The topological polar surface area (TPSA) is 133 Å². The number of carbonyl (C=O) groups excluding carboxylic acids is 4. The first-order chi connectivity index (χ1) is 20.6. The Hall–Kier alpha value is -5.32. The van der Waals surface area contributed by atoms with Gasteiger partial charge in [0.15, 0.2) is 35.2 Å². The summed E-state index contributed by atoms with van der Waals surface area (Å²) in [5.41, 5.74) is 1.09. The molecule has 11 nitrogen and oxygen atoms in total. The third-order valence-electron chi connectivity index (χ3n) is 5.71. The molecule has 2 atom stereocenters. The Morgan fingerprint density at radius 2 is 1.40 bits per heavy atom. The average molecular weight is 593 g/mol. The first kappa shape index (κ1) is 32.2. The molecule has 0 bridgehead atoms. The van der Waals surface area contributed by atoms with E-state index in [1.54, 1.807) is 54.6 Å². The lowest BCUT2D eigenvalue weighted by molar-refractivity contribution is -0.157. The van der Waals surface area contributed by atoms with Crippen molar-refractivity contribution in [2.75, 3.05) is 20.8 Å². The van der Waals surface area contributed by atoms with E-state index >= 15 is 0 Å². The summed E-state index contributed by atoms with van der Waals surface area (Å²) in [6.45, 7) is 3.54. The number of ether oxygens (including phenoxy) is 7. The summed E-state index contributed by atoms with van der Waals surface area (Å²) in [7, 11) is 2.87. The van der Waals surface area contributed by atoms with Crippen LogP contribution in [-0.2, 0) is 28.7 Å². The fourth-order valence-electron chi connectivity index (χ4n) is 3.86. The van der Waals surface area contributed by atoms with Crippen molar-refractivity contribution in [2.45, 2.75) is 33.0 Å². The fourth-order valence-corrected chi connectivity index (χ4v) is 3.86. The maximum Gasteiger partial charge on any atom is 0.336 e. The molecule has 0 saturated heterocycles. The number of benzene rings is 3. The Bertz CT molecular complexity index is 1460. The fraction of sp³-hybridized carbons (Fsp3) is 0.250. The van der Waals surface area contributed by atoms with Crippen LogP contribution >= 0.6 is 0 Å². The summed E-state index contributed by atoms with van der Waals surface area (Å²) >= 11 is 0. The van der Waals surface area contributed by atoms with Crippen molar-refractivity contribution in [3.05, 3.63) is 83.9 Å². The van der Waals surface area contributed by atoms with Crippen molar-refractivity contribution in [2.24, 2.45) is 0 Å². The van der Waals surface area contributed by atoms with Gasteiger partial charge in [0.1, 0.15) is 12.4 Å². The number of carbonyl (C=O) groups is 4. The molecule has 3 aromatic carbocycles. The number of hydrogen-bond acceptors (Lipinski definition) is 11. The highest BCUT2D eigenvalue weighted by atomic mass is 16.6. The molecule has 3 rings (SSSR count). The van der Waals surface area contributed by atoms with Gasteiger partial charge in [0, 0.05) is 32.4 Å². The van der Waals surface area contributed by atoms with Gasteiger partial charge in [-0.15, -0.1) is 0 Å². The Morgan fingerprint density at radius 1 is 0.721 bits per heavy atom. The van der Waals surface area contributed by atoms with E-state index in [0.717, 1.165) is 0 Å². The van der Waals surface area contributed by atoms with Crippen LogP contribution in [-0.4, -0.2) is 50.8 Å². The van der Waals surface area contributed by atoms with E-state index in [2.05, 4.69) is 0 Å². The van der Waals surface area contributed by atoms with Crippen molar-refractivity contribution in [3.8, 4) is 28.7 Å².